The van der Waals surface area contributed by atoms with Gasteiger partial charge in [-0.2, -0.15) is 0 Å². The van der Waals surface area contributed by atoms with Crippen LogP contribution in [0.25, 0.3) is 0 Å². The predicted octanol–water partition coefficient (Wildman–Crippen LogP) is 6.01. The molecule has 2 aromatic carbocycles. The van der Waals surface area contributed by atoms with Crippen molar-refractivity contribution in [1.29, 1.82) is 0 Å². The lowest BCUT2D eigenvalue weighted by Gasteiger charge is -2.27. The summed E-state index contributed by atoms with van der Waals surface area (Å²) in [5.41, 5.74) is 0.999. The largest absolute Gasteiger partial charge is 0.493 e. The molecule has 0 bridgehead atoms. The van der Waals surface area contributed by atoms with E-state index in [2.05, 4.69) is 26.8 Å². The van der Waals surface area contributed by atoms with Crippen LogP contribution in [0.3, 0.4) is 0 Å². The van der Waals surface area contributed by atoms with Crippen molar-refractivity contribution in [3.63, 3.8) is 0 Å². The summed E-state index contributed by atoms with van der Waals surface area (Å²) in [6.45, 7) is 10.7. The summed E-state index contributed by atoms with van der Waals surface area (Å²) in [6, 6.07) is 11.6. The Balaban J connectivity index is 2.10. The summed E-state index contributed by atoms with van der Waals surface area (Å²) >= 11 is 0. The van der Waals surface area contributed by atoms with Crippen LogP contribution in [0.2, 0.25) is 0 Å². The Morgan fingerprint density at radius 2 is 1.54 bits per heavy atom. The van der Waals surface area contributed by atoms with Crippen LogP contribution in [0.5, 0.6) is 5.75 Å². The quantitative estimate of drug-likeness (QED) is 0.651. The van der Waals surface area contributed by atoms with E-state index in [-0.39, 0.29) is 11.2 Å². The Morgan fingerprint density at radius 3 is 2.21 bits per heavy atom. The Hall–Kier alpha value is -1.90. The summed E-state index contributed by atoms with van der Waals surface area (Å²) in [5.74, 6) is 0.0514. The third-order valence-electron chi connectivity index (χ3n) is 4.34. The Bertz CT molecular complexity index is 699. The fraction of sp³-hybridized carbons (Fsp3) is 0.429. The molecule has 0 unspecified atom stereocenters. The zero-order chi connectivity index (χ0) is 18.0. The van der Waals surface area contributed by atoms with Gasteiger partial charge in [0.15, 0.2) is 0 Å². The molecule has 0 spiro atoms. The number of para-hydroxylation sites is 1. The molecule has 0 atom stereocenters. The van der Waals surface area contributed by atoms with Crippen LogP contribution in [0.4, 0.5) is 8.78 Å². The van der Waals surface area contributed by atoms with E-state index in [0.717, 1.165) is 17.4 Å². The van der Waals surface area contributed by atoms with Crippen LogP contribution in [0.1, 0.15) is 52.2 Å². The van der Waals surface area contributed by atoms with E-state index in [1.807, 2.05) is 32.0 Å². The predicted molar refractivity (Wildman–Crippen MR) is 94.6 cm³/mol. The lowest BCUT2D eigenvalue weighted by Crippen LogP contribution is -2.23. The monoisotopic (exact) mass is 332 g/mol. The summed E-state index contributed by atoms with van der Waals surface area (Å²) < 4.78 is 33.5. The summed E-state index contributed by atoms with van der Waals surface area (Å²) in [5, 5.41) is 0. The smallest absolute Gasteiger partial charge is 0.127 e. The fourth-order valence-corrected chi connectivity index (χ4v) is 2.78. The molecule has 0 aliphatic heterocycles. The molecular formula is C21H26F2O. The van der Waals surface area contributed by atoms with Gasteiger partial charge in [-0.25, -0.2) is 8.78 Å². The van der Waals surface area contributed by atoms with Crippen LogP contribution >= 0.6 is 0 Å². The maximum Gasteiger partial charge on any atom is 0.127 e. The normalized spacial score (nSPS) is 12.3. The lowest BCUT2D eigenvalue weighted by atomic mass is 9.81. The minimum absolute atomic E-state index is 0.0131. The lowest BCUT2D eigenvalue weighted by molar-refractivity contribution is 0.264. The van der Waals surface area contributed by atoms with E-state index >= 15 is 0 Å². The SMILES string of the molecule is CC(C)(C)c1ccccc1OCCC(C)(C)c1cc(F)ccc1F. The number of halogens is 2. The average molecular weight is 332 g/mol. The Morgan fingerprint density at radius 1 is 0.875 bits per heavy atom. The molecular weight excluding hydrogens is 306 g/mol. The molecule has 0 aliphatic rings. The van der Waals surface area contributed by atoms with Gasteiger partial charge in [0.05, 0.1) is 6.61 Å². The van der Waals surface area contributed by atoms with Crippen LogP contribution in [-0.4, -0.2) is 6.61 Å². The van der Waals surface area contributed by atoms with E-state index in [1.54, 1.807) is 0 Å². The van der Waals surface area contributed by atoms with Crippen molar-refractivity contribution in [3.8, 4) is 5.75 Å². The molecule has 0 radical (unpaired) electrons. The first-order chi connectivity index (χ1) is 11.1. The van der Waals surface area contributed by atoms with E-state index < -0.39 is 11.2 Å². The second-order valence-corrected chi connectivity index (χ2v) is 7.85. The molecule has 1 nitrogen and oxygen atoms in total. The van der Waals surface area contributed by atoms with Crippen molar-refractivity contribution < 1.29 is 13.5 Å². The summed E-state index contributed by atoms with van der Waals surface area (Å²) in [6.07, 6.45) is 0.589. The molecule has 0 saturated carbocycles. The van der Waals surface area contributed by atoms with E-state index in [1.165, 1.54) is 12.1 Å². The van der Waals surface area contributed by atoms with Gasteiger partial charge >= 0.3 is 0 Å². The van der Waals surface area contributed by atoms with Crippen molar-refractivity contribution in [2.24, 2.45) is 0 Å². The minimum atomic E-state index is -0.511. The molecule has 3 heteroatoms. The van der Waals surface area contributed by atoms with Crippen LogP contribution in [0.15, 0.2) is 42.5 Å². The molecule has 0 fully saturated rings. The van der Waals surface area contributed by atoms with Crippen molar-refractivity contribution in [2.45, 2.75) is 51.9 Å². The third-order valence-corrected chi connectivity index (χ3v) is 4.34. The van der Waals surface area contributed by atoms with Crippen molar-refractivity contribution in [3.05, 3.63) is 65.2 Å². The minimum Gasteiger partial charge on any atom is -0.493 e. The average Bonchev–Trinajstić information content (AvgIpc) is 2.49. The highest BCUT2D eigenvalue weighted by atomic mass is 19.1. The molecule has 2 rings (SSSR count). The van der Waals surface area contributed by atoms with Crippen molar-refractivity contribution in [2.75, 3.05) is 6.61 Å². The number of hydrogen-bond acceptors (Lipinski definition) is 1. The standard InChI is InChI=1S/C21H26F2O/c1-20(2,3)16-8-6-7-9-19(16)24-13-12-21(4,5)17-14-15(22)10-11-18(17)23/h6-11,14H,12-13H2,1-5H3. The molecule has 0 aromatic heterocycles. The fourth-order valence-electron chi connectivity index (χ4n) is 2.78. The maximum atomic E-state index is 14.0. The highest BCUT2D eigenvalue weighted by molar-refractivity contribution is 5.38. The van der Waals surface area contributed by atoms with Crippen LogP contribution in [0, 0.1) is 11.6 Å². The van der Waals surface area contributed by atoms with Gasteiger partial charge in [0.25, 0.3) is 0 Å². The third kappa shape index (κ3) is 4.34. The van der Waals surface area contributed by atoms with Crippen molar-refractivity contribution >= 4 is 0 Å². The molecule has 0 N–H and O–H groups in total. The summed E-state index contributed by atoms with van der Waals surface area (Å²) in [7, 11) is 0. The van der Waals surface area contributed by atoms with Crippen LogP contribution < -0.4 is 4.74 Å². The molecule has 0 aliphatic carbocycles. The number of hydrogen-bond donors (Lipinski definition) is 0. The first-order valence-electron chi connectivity index (χ1n) is 8.29. The number of rotatable bonds is 5. The van der Waals surface area contributed by atoms with Crippen molar-refractivity contribution in [1.82, 2.24) is 0 Å². The van der Waals surface area contributed by atoms with Crippen LogP contribution in [-0.2, 0) is 10.8 Å². The Kier molecular flexibility index (Phi) is 5.32. The second-order valence-electron chi connectivity index (χ2n) is 7.85. The van der Waals surface area contributed by atoms with Gasteiger partial charge in [-0.1, -0.05) is 52.8 Å². The van der Waals surface area contributed by atoms with Gasteiger partial charge in [0.2, 0.25) is 0 Å². The van der Waals surface area contributed by atoms with E-state index in [9.17, 15) is 8.78 Å². The molecule has 2 aromatic rings. The molecule has 0 heterocycles. The van der Waals surface area contributed by atoms with E-state index in [4.69, 9.17) is 4.74 Å². The number of benzene rings is 2. The highest BCUT2D eigenvalue weighted by Crippen LogP contribution is 2.33. The highest BCUT2D eigenvalue weighted by Gasteiger charge is 2.25. The van der Waals surface area contributed by atoms with Gasteiger partial charge in [-0.05, 0) is 52.6 Å². The molecule has 130 valence electrons. The zero-order valence-electron chi connectivity index (χ0n) is 15.1. The first-order valence-corrected chi connectivity index (χ1v) is 8.29. The maximum absolute atomic E-state index is 14.0. The zero-order valence-corrected chi connectivity index (χ0v) is 15.1. The van der Waals surface area contributed by atoms with Gasteiger partial charge in [0.1, 0.15) is 17.4 Å². The topological polar surface area (TPSA) is 9.23 Å². The first kappa shape index (κ1) is 18.4. The molecule has 0 amide bonds. The summed E-state index contributed by atoms with van der Waals surface area (Å²) in [4.78, 5) is 0. The molecule has 0 saturated heterocycles. The molecule has 24 heavy (non-hydrogen) atoms. The van der Waals surface area contributed by atoms with Gasteiger partial charge in [-0.15, -0.1) is 0 Å². The number of ether oxygens (including phenoxy) is 1. The van der Waals surface area contributed by atoms with E-state index in [0.29, 0.717) is 18.6 Å². The second kappa shape index (κ2) is 6.92. The van der Waals surface area contributed by atoms with Gasteiger partial charge in [-0.3, -0.25) is 0 Å². The Labute approximate surface area is 143 Å². The van der Waals surface area contributed by atoms with Gasteiger partial charge in [0, 0.05) is 0 Å². The van der Waals surface area contributed by atoms with Gasteiger partial charge < -0.3 is 4.74 Å².